The number of carbonyl (C=O) groups is 4. The molecule has 0 atom stereocenters. The molecule has 5 amide bonds. The minimum absolute atomic E-state index is 0.161. The fraction of sp³-hybridized carbons (Fsp3) is 0.407. The number of nitrogens with one attached hydrogen (secondary N) is 1. The lowest BCUT2D eigenvalue weighted by atomic mass is 9.86. The molecule has 1 saturated heterocycles. The van der Waals surface area contributed by atoms with Crippen molar-refractivity contribution in [2.75, 3.05) is 30.0 Å². The summed E-state index contributed by atoms with van der Waals surface area (Å²) in [5.74, 6) is -1.84. The van der Waals surface area contributed by atoms with E-state index in [1.54, 1.807) is 18.2 Å². The third kappa shape index (κ3) is 5.84. The number of rotatable bonds is 10. The zero-order valence-corrected chi connectivity index (χ0v) is 21.4. The molecule has 3 rings (SSSR count). The zero-order chi connectivity index (χ0) is 26.5. The normalized spacial score (nSPS) is 13.9. The van der Waals surface area contributed by atoms with Crippen LogP contribution in [-0.2, 0) is 19.8 Å². The summed E-state index contributed by atoms with van der Waals surface area (Å²) < 4.78 is 11.4. The second kappa shape index (κ2) is 11.2. The first-order valence-electron chi connectivity index (χ1n) is 12.1. The number of hydrogen-bond donors (Lipinski definition) is 1. The lowest BCUT2D eigenvalue weighted by Gasteiger charge is -2.23. The Morgan fingerprint density at radius 3 is 2.17 bits per heavy atom. The molecule has 2 aromatic carbocycles. The summed E-state index contributed by atoms with van der Waals surface area (Å²) in [6, 6.07) is 11.0. The molecule has 1 N–H and O–H groups in total. The van der Waals surface area contributed by atoms with Gasteiger partial charge in [0.05, 0.1) is 18.9 Å². The standard InChI is InChI=1S/C27H33N3O6/c1-6-14-35-21-13-12-18(16-22(21)36-15-7-2)30-25(33)24(32)29(26(30)34)17-23(31)28-20-11-9-8-10-19(20)27(3,4)5/h8-13,16H,6-7,14-15,17H2,1-5H3,(H,28,31). The molecule has 0 radical (unpaired) electrons. The van der Waals surface area contributed by atoms with Crippen molar-refractivity contribution < 1.29 is 28.7 Å². The van der Waals surface area contributed by atoms with Gasteiger partial charge in [0.2, 0.25) is 5.91 Å². The van der Waals surface area contributed by atoms with Crippen LogP contribution >= 0.6 is 0 Å². The topological polar surface area (TPSA) is 105 Å². The van der Waals surface area contributed by atoms with Crippen LogP contribution in [0.4, 0.5) is 16.2 Å². The Bertz CT molecular complexity index is 1150. The Labute approximate surface area is 211 Å². The molecule has 2 aromatic rings. The van der Waals surface area contributed by atoms with Crippen LogP contribution in [0.3, 0.4) is 0 Å². The van der Waals surface area contributed by atoms with Crippen molar-refractivity contribution in [1.82, 2.24) is 4.90 Å². The molecule has 1 aliphatic rings. The van der Waals surface area contributed by atoms with Crippen LogP contribution in [0.25, 0.3) is 0 Å². The molecule has 9 heteroatoms. The molecule has 0 spiro atoms. The molecule has 1 heterocycles. The number of benzene rings is 2. The van der Waals surface area contributed by atoms with Crippen LogP contribution in [-0.4, -0.2) is 48.4 Å². The van der Waals surface area contributed by atoms with E-state index in [9.17, 15) is 19.2 Å². The van der Waals surface area contributed by atoms with Crippen molar-refractivity contribution in [2.45, 2.75) is 52.9 Å². The number of anilines is 2. The lowest BCUT2D eigenvalue weighted by Crippen LogP contribution is -2.39. The average molecular weight is 496 g/mol. The van der Waals surface area contributed by atoms with E-state index in [0.29, 0.717) is 35.3 Å². The number of imide groups is 2. The van der Waals surface area contributed by atoms with Crippen LogP contribution in [0, 0.1) is 0 Å². The maximum absolute atomic E-state index is 13.1. The molecule has 0 saturated carbocycles. The Morgan fingerprint density at radius 2 is 1.53 bits per heavy atom. The van der Waals surface area contributed by atoms with Crippen molar-refractivity contribution >= 4 is 35.1 Å². The minimum Gasteiger partial charge on any atom is -0.490 e. The van der Waals surface area contributed by atoms with Gasteiger partial charge >= 0.3 is 17.8 Å². The van der Waals surface area contributed by atoms with Crippen molar-refractivity contribution in [3.8, 4) is 11.5 Å². The van der Waals surface area contributed by atoms with Gasteiger partial charge in [-0.2, -0.15) is 0 Å². The molecular weight excluding hydrogens is 462 g/mol. The number of ether oxygens (including phenoxy) is 2. The number of amides is 5. The third-order valence-electron chi connectivity index (χ3n) is 5.47. The number of nitrogens with zero attached hydrogens (tertiary/aromatic N) is 2. The first-order chi connectivity index (χ1) is 17.1. The van der Waals surface area contributed by atoms with Gasteiger partial charge in [-0.1, -0.05) is 52.8 Å². The number of hydrogen-bond acceptors (Lipinski definition) is 6. The van der Waals surface area contributed by atoms with Crippen molar-refractivity contribution in [2.24, 2.45) is 0 Å². The van der Waals surface area contributed by atoms with E-state index in [1.807, 2.05) is 46.8 Å². The molecule has 1 aliphatic heterocycles. The van der Waals surface area contributed by atoms with E-state index < -0.39 is 30.3 Å². The zero-order valence-electron chi connectivity index (χ0n) is 21.4. The van der Waals surface area contributed by atoms with Gasteiger partial charge in [-0.15, -0.1) is 0 Å². The predicted octanol–water partition coefficient (Wildman–Crippen LogP) is 4.50. The monoisotopic (exact) mass is 495 g/mol. The number of para-hydroxylation sites is 1. The highest BCUT2D eigenvalue weighted by Gasteiger charge is 2.46. The molecule has 0 aliphatic carbocycles. The summed E-state index contributed by atoms with van der Waals surface area (Å²) in [6.45, 7) is 10.3. The Morgan fingerprint density at radius 1 is 0.889 bits per heavy atom. The molecule has 0 unspecified atom stereocenters. The fourth-order valence-corrected chi connectivity index (χ4v) is 3.74. The first-order valence-corrected chi connectivity index (χ1v) is 12.1. The lowest BCUT2D eigenvalue weighted by molar-refractivity contribution is -0.140. The quantitative estimate of drug-likeness (QED) is 0.384. The maximum Gasteiger partial charge on any atom is 0.339 e. The van der Waals surface area contributed by atoms with Gasteiger partial charge in [0, 0.05) is 11.8 Å². The second-order valence-corrected chi connectivity index (χ2v) is 9.49. The molecule has 1 fully saturated rings. The Balaban J connectivity index is 1.80. The fourth-order valence-electron chi connectivity index (χ4n) is 3.74. The first kappa shape index (κ1) is 26.7. The Kier molecular flexibility index (Phi) is 8.34. The van der Waals surface area contributed by atoms with Crippen LogP contribution < -0.4 is 19.7 Å². The highest BCUT2D eigenvalue weighted by atomic mass is 16.5. The van der Waals surface area contributed by atoms with E-state index in [2.05, 4.69) is 5.32 Å². The van der Waals surface area contributed by atoms with Crippen LogP contribution in [0.1, 0.15) is 53.0 Å². The average Bonchev–Trinajstić information content (AvgIpc) is 3.04. The van der Waals surface area contributed by atoms with E-state index in [-0.39, 0.29) is 11.1 Å². The highest BCUT2D eigenvalue weighted by Crippen LogP contribution is 2.34. The molecule has 192 valence electrons. The van der Waals surface area contributed by atoms with Gasteiger partial charge in [0.15, 0.2) is 11.5 Å². The number of carbonyl (C=O) groups excluding carboxylic acids is 4. The molecule has 36 heavy (non-hydrogen) atoms. The van der Waals surface area contributed by atoms with Crippen LogP contribution in [0.2, 0.25) is 0 Å². The van der Waals surface area contributed by atoms with E-state index in [0.717, 1.165) is 23.3 Å². The third-order valence-corrected chi connectivity index (χ3v) is 5.47. The van der Waals surface area contributed by atoms with Crippen molar-refractivity contribution in [3.05, 3.63) is 48.0 Å². The highest BCUT2D eigenvalue weighted by molar-refractivity contribution is 6.53. The summed E-state index contributed by atoms with van der Waals surface area (Å²) in [5.41, 5.74) is 1.41. The smallest absolute Gasteiger partial charge is 0.339 e. The van der Waals surface area contributed by atoms with Gasteiger partial charge < -0.3 is 14.8 Å². The number of urea groups is 1. The van der Waals surface area contributed by atoms with Crippen LogP contribution in [0.5, 0.6) is 11.5 Å². The SMILES string of the molecule is CCCOc1ccc(N2C(=O)C(=O)N(CC(=O)Nc3ccccc3C(C)(C)C)C2=O)cc1OCCC. The van der Waals surface area contributed by atoms with E-state index in [1.165, 1.54) is 12.1 Å². The summed E-state index contributed by atoms with van der Waals surface area (Å²) in [6.07, 6.45) is 1.54. The largest absolute Gasteiger partial charge is 0.490 e. The van der Waals surface area contributed by atoms with E-state index in [4.69, 9.17) is 9.47 Å². The summed E-state index contributed by atoms with van der Waals surface area (Å²) >= 11 is 0. The van der Waals surface area contributed by atoms with Crippen molar-refractivity contribution in [3.63, 3.8) is 0 Å². The molecular formula is C27H33N3O6. The van der Waals surface area contributed by atoms with Crippen LogP contribution in [0.15, 0.2) is 42.5 Å². The molecule has 9 nitrogen and oxygen atoms in total. The van der Waals surface area contributed by atoms with E-state index >= 15 is 0 Å². The van der Waals surface area contributed by atoms with Gasteiger partial charge in [0.25, 0.3) is 0 Å². The summed E-state index contributed by atoms with van der Waals surface area (Å²) in [5, 5.41) is 2.76. The van der Waals surface area contributed by atoms with Gasteiger partial charge in [-0.25, -0.2) is 14.6 Å². The van der Waals surface area contributed by atoms with Gasteiger partial charge in [0.1, 0.15) is 6.54 Å². The van der Waals surface area contributed by atoms with Gasteiger partial charge in [-0.3, -0.25) is 14.4 Å². The molecule has 0 bridgehead atoms. The van der Waals surface area contributed by atoms with Gasteiger partial charge in [-0.05, 0) is 42.0 Å². The minimum atomic E-state index is -1.07. The summed E-state index contributed by atoms with van der Waals surface area (Å²) in [7, 11) is 0. The second-order valence-electron chi connectivity index (χ2n) is 9.49. The maximum atomic E-state index is 13.1. The predicted molar refractivity (Wildman–Crippen MR) is 136 cm³/mol. The molecule has 0 aromatic heterocycles. The summed E-state index contributed by atoms with van der Waals surface area (Å²) in [4.78, 5) is 52.7. The Hall–Kier alpha value is -3.88. The van der Waals surface area contributed by atoms with Crippen molar-refractivity contribution in [1.29, 1.82) is 0 Å².